The second-order valence-electron chi connectivity index (χ2n) is 7.15. The molecule has 0 saturated heterocycles. The summed E-state index contributed by atoms with van der Waals surface area (Å²) in [6.45, 7) is 14.2. The van der Waals surface area contributed by atoms with E-state index in [-0.39, 0.29) is 37.2 Å². The van der Waals surface area contributed by atoms with Gasteiger partial charge in [-0.1, -0.05) is 0 Å². The van der Waals surface area contributed by atoms with Crippen molar-refractivity contribution in [1.29, 1.82) is 0 Å². The molecule has 0 spiro atoms. The van der Waals surface area contributed by atoms with Gasteiger partial charge in [0.2, 0.25) is 0 Å². The Kier molecular flexibility index (Phi) is 12.6. The molecule has 1 aliphatic rings. The number of halogens is 3. The van der Waals surface area contributed by atoms with Crippen LogP contribution in [-0.2, 0) is 20.4 Å². The number of benzene rings is 1. The number of rotatable bonds is 5. The fourth-order valence-electron chi connectivity index (χ4n) is 4.42. The molecule has 2 rings (SSSR count). The van der Waals surface area contributed by atoms with E-state index in [0.29, 0.717) is 0 Å². The summed E-state index contributed by atoms with van der Waals surface area (Å²) in [6.07, 6.45) is 6.25. The van der Waals surface area contributed by atoms with Gasteiger partial charge >= 0.3 is 150 Å². The average molecular weight is 452 g/mol. The van der Waals surface area contributed by atoms with E-state index in [4.69, 9.17) is 0 Å². The molecule has 0 nitrogen and oxygen atoms in total. The van der Waals surface area contributed by atoms with Gasteiger partial charge in [-0.15, -0.1) is 0 Å². The van der Waals surface area contributed by atoms with E-state index >= 15 is 0 Å². The summed E-state index contributed by atoms with van der Waals surface area (Å²) < 4.78 is 1.63. The second kappa shape index (κ2) is 11.4. The predicted molar refractivity (Wildman–Crippen MR) is 97.0 cm³/mol. The van der Waals surface area contributed by atoms with Crippen LogP contribution < -0.4 is 42.4 Å². The van der Waals surface area contributed by atoms with Gasteiger partial charge in [-0.2, -0.15) is 0 Å². The van der Waals surface area contributed by atoms with E-state index < -0.39 is 8.07 Å². The molecule has 0 N–H and O–H groups in total. The van der Waals surface area contributed by atoms with Gasteiger partial charge in [0.15, 0.2) is 0 Å². The fraction of sp³-hybridized carbons (Fsp3) is 0.500. The molecule has 0 aliphatic heterocycles. The molecule has 1 aromatic carbocycles. The minimum Gasteiger partial charge on any atom is -1.00 e. The Bertz CT molecular complexity index is 629. The Balaban J connectivity index is 0. The largest absolute Gasteiger partial charge is 1.00 e. The van der Waals surface area contributed by atoms with Crippen LogP contribution in [0.25, 0.3) is 0 Å². The number of unbranched alkanes of at least 4 members (excludes halogenated alkanes) is 1. The standard InChI is InChI=1S/C20H29Si.3ClH.Ti/c1-7-8-12-21(6,19-11-9-10-16(19)3)20-17(4)13-15(2)14-18(20)5;;;;/h10,13-14H,7-9,12H2,1-6H3;3*1H;/q;;;;+3/p-3. The fourth-order valence-corrected chi connectivity index (χ4v) is 11.6. The van der Waals surface area contributed by atoms with E-state index in [0.717, 1.165) is 0 Å². The number of aryl methyl sites for hydroxylation is 3. The molecule has 0 amide bonds. The third-order valence-corrected chi connectivity index (χ3v) is 11.3. The van der Waals surface area contributed by atoms with Crippen LogP contribution in [0.5, 0.6) is 0 Å². The van der Waals surface area contributed by atoms with Gasteiger partial charge < -0.3 is 37.2 Å². The van der Waals surface area contributed by atoms with Crippen molar-refractivity contribution in [1.82, 2.24) is 0 Å². The maximum atomic E-state index is 2.62. The molecule has 1 aromatic rings. The van der Waals surface area contributed by atoms with E-state index in [9.17, 15) is 0 Å². The van der Waals surface area contributed by atoms with Gasteiger partial charge in [-0.3, -0.25) is 0 Å². The van der Waals surface area contributed by atoms with E-state index in [1.807, 2.05) is 0 Å². The summed E-state index contributed by atoms with van der Waals surface area (Å²) in [5.74, 6) is 0. The maximum absolute atomic E-state index is 2.62. The zero-order valence-corrected chi connectivity index (χ0v) is 21.0. The average Bonchev–Trinajstić information content (AvgIpc) is 2.75. The first kappa shape index (κ1) is 27.7. The molecule has 1 unspecified atom stereocenters. The molecule has 0 radical (unpaired) electrons. The van der Waals surface area contributed by atoms with Gasteiger partial charge in [0.25, 0.3) is 0 Å². The molecule has 1 aliphatic carbocycles. The first-order chi connectivity index (χ1) is 10.3. The molecule has 5 heteroatoms. The Labute approximate surface area is 186 Å². The van der Waals surface area contributed by atoms with Crippen LogP contribution in [0.3, 0.4) is 0 Å². The topological polar surface area (TPSA) is 0 Å². The van der Waals surface area contributed by atoms with Crippen molar-refractivity contribution in [3.8, 4) is 0 Å². The molecule has 0 heterocycles. The molecule has 0 bridgehead atoms. The Morgan fingerprint density at radius 1 is 1.00 bits per heavy atom. The van der Waals surface area contributed by atoms with Gasteiger partial charge in [0, 0.05) is 0 Å². The van der Waals surface area contributed by atoms with Gasteiger partial charge in [0.1, 0.15) is 0 Å². The first-order valence-corrected chi connectivity index (χ1v) is 12.0. The van der Waals surface area contributed by atoms with E-state index in [1.165, 1.54) is 42.0 Å². The van der Waals surface area contributed by atoms with E-state index in [1.54, 1.807) is 19.8 Å². The van der Waals surface area contributed by atoms with Crippen LogP contribution in [-0.4, -0.2) is 8.07 Å². The first-order valence-electron chi connectivity index (χ1n) is 8.52. The van der Waals surface area contributed by atoms with Crippen LogP contribution in [0.4, 0.5) is 0 Å². The van der Waals surface area contributed by atoms with Crippen molar-refractivity contribution >= 4 is 13.3 Å². The van der Waals surface area contributed by atoms with Gasteiger partial charge in [-0.05, 0) is 0 Å². The van der Waals surface area contributed by atoms with E-state index in [2.05, 4.69) is 79.8 Å². The molecule has 25 heavy (non-hydrogen) atoms. The van der Waals surface area contributed by atoms with Crippen LogP contribution in [0.15, 0.2) is 32.9 Å². The second-order valence-corrected chi connectivity index (χ2v) is 12.3. The zero-order chi connectivity index (χ0) is 16.5. The van der Waals surface area contributed by atoms with Crippen molar-refractivity contribution in [2.75, 3.05) is 0 Å². The normalized spacial score (nSPS) is 15.6. The zero-order valence-electron chi connectivity index (χ0n) is 16.2. The molecule has 0 aromatic heterocycles. The minimum atomic E-state index is -1.64. The maximum Gasteiger partial charge on any atom is -1.00 e. The van der Waals surface area contributed by atoms with Crippen LogP contribution >= 0.6 is 0 Å². The smallest absolute Gasteiger partial charge is 1.00 e. The predicted octanol–water partition coefficient (Wildman–Crippen LogP) is -3.60. The number of allylic oxidation sites excluding steroid dienone is 4. The van der Waals surface area contributed by atoms with Crippen molar-refractivity contribution < 1.29 is 57.7 Å². The minimum absolute atomic E-state index is 0. The number of hydrogen-bond donors (Lipinski definition) is 0. The van der Waals surface area contributed by atoms with Crippen molar-refractivity contribution in [2.24, 2.45) is 0 Å². The number of hydrogen-bond acceptors (Lipinski definition) is 0. The SMILES string of the molecule is CCCC[Si](C)(C1=[C]([Ti+3])CC=C1C)c1c(C)cc(C)cc1C.[Cl-].[Cl-].[Cl-]. The Hall–Kier alpha value is 0.501. The van der Waals surface area contributed by atoms with Gasteiger partial charge in [0.05, 0.1) is 0 Å². The third-order valence-electron chi connectivity index (χ3n) is 5.12. The quantitative estimate of drug-likeness (QED) is 0.406. The molecule has 0 fully saturated rings. The molecule has 0 saturated carbocycles. The Morgan fingerprint density at radius 3 is 1.92 bits per heavy atom. The van der Waals surface area contributed by atoms with Crippen molar-refractivity contribution in [3.05, 3.63) is 49.5 Å². The molecule has 138 valence electrons. The summed E-state index contributed by atoms with van der Waals surface area (Å²) in [7, 11) is -1.64. The molecular formula is C20H29Cl3SiTi. The van der Waals surface area contributed by atoms with Crippen molar-refractivity contribution in [3.63, 3.8) is 0 Å². The third kappa shape index (κ3) is 5.74. The Morgan fingerprint density at radius 2 is 1.52 bits per heavy atom. The summed E-state index contributed by atoms with van der Waals surface area (Å²) in [5.41, 5.74) is 5.99. The summed E-state index contributed by atoms with van der Waals surface area (Å²) in [4.78, 5) is 0. The van der Waals surface area contributed by atoms with Crippen molar-refractivity contribution in [2.45, 2.75) is 66.5 Å². The van der Waals surface area contributed by atoms with Gasteiger partial charge in [-0.25, -0.2) is 0 Å². The molecule has 1 atom stereocenters. The summed E-state index contributed by atoms with van der Waals surface area (Å²) in [5, 5.41) is 3.45. The molecular weight excluding hydrogens is 423 g/mol. The van der Waals surface area contributed by atoms with Crippen LogP contribution in [0, 0.1) is 20.8 Å². The van der Waals surface area contributed by atoms with Crippen LogP contribution in [0.2, 0.25) is 12.6 Å². The summed E-state index contributed by atoms with van der Waals surface area (Å²) in [6, 6.07) is 6.17. The summed E-state index contributed by atoms with van der Waals surface area (Å²) >= 11 is 2.36. The monoisotopic (exact) mass is 450 g/mol. The van der Waals surface area contributed by atoms with Crippen LogP contribution in [0.1, 0.15) is 49.8 Å².